The van der Waals surface area contributed by atoms with E-state index in [2.05, 4.69) is 34.1 Å². The molecule has 3 heteroatoms. The third-order valence-electron chi connectivity index (χ3n) is 5.00. The molecule has 0 N–H and O–H groups in total. The number of rotatable bonds is 3. The molecule has 1 atom stereocenters. The fourth-order valence-corrected chi connectivity index (χ4v) is 3.73. The summed E-state index contributed by atoms with van der Waals surface area (Å²) < 4.78 is 0. The maximum atomic E-state index is 12.3. The van der Waals surface area contributed by atoms with Crippen LogP contribution in [0.15, 0.2) is 24.3 Å². The molecule has 3 aliphatic rings. The summed E-state index contributed by atoms with van der Waals surface area (Å²) in [4.78, 5) is 17.0. The summed E-state index contributed by atoms with van der Waals surface area (Å²) in [6, 6.07) is 9.15. The molecule has 0 bridgehead atoms. The molecule has 1 aliphatic carbocycles. The quantitative estimate of drug-likeness (QED) is 0.842. The number of likely N-dealkylation sites (tertiary alicyclic amines) is 1. The fourth-order valence-electron chi connectivity index (χ4n) is 3.73. The van der Waals surface area contributed by atoms with E-state index >= 15 is 0 Å². The first-order valence-electron chi connectivity index (χ1n) is 7.96. The zero-order chi connectivity index (χ0) is 13.5. The van der Waals surface area contributed by atoms with Gasteiger partial charge in [0.25, 0.3) is 0 Å². The van der Waals surface area contributed by atoms with Crippen molar-refractivity contribution in [1.29, 1.82) is 0 Å². The van der Waals surface area contributed by atoms with E-state index in [9.17, 15) is 4.79 Å². The molecule has 1 aromatic carbocycles. The van der Waals surface area contributed by atoms with Crippen LogP contribution in [0, 0.1) is 5.92 Å². The van der Waals surface area contributed by atoms with Crippen molar-refractivity contribution in [3.63, 3.8) is 0 Å². The Morgan fingerprint density at radius 3 is 2.85 bits per heavy atom. The summed E-state index contributed by atoms with van der Waals surface area (Å²) in [6.07, 6.45) is 5.75. The minimum absolute atomic E-state index is 0.362. The number of carbonyl (C=O) groups excluding carboxylic acids is 1. The van der Waals surface area contributed by atoms with Crippen LogP contribution in [0.25, 0.3) is 0 Å². The molecule has 2 aliphatic heterocycles. The summed E-state index contributed by atoms with van der Waals surface area (Å²) in [5, 5.41) is 0. The van der Waals surface area contributed by atoms with Crippen LogP contribution in [0.2, 0.25) is 0 Å². The maximum absolute atomic E-state index is 12.3. The Hall–Kier alpha value is -1.51. The Bertz CT molecular complexity index is 523. The second-order valence-electron chi connectivity index (χ2n) is 6.43. The lowest BCUT2D eigenvalue weighted by molar-refractivity contribution is -0.133. The number of hydrogen-bond acceptors (Lipinski definition) is 2. The number of anilines is 1. The van der Waals surface area contributed by atoms with Gasteiger partial charge in [0, 0.05) is 37.3 Å². The summed E-state index contributed by atoms with van der Waals surface area (Å²) in [6.45, 7) is 3.12. The van der Waals surface area contributed by atoms with E-state index < -0.39 is 0 Å². The lowest BCUT2D eigenvalue weighted by Crippen LogP contribution is -2.43. The van der Waals surface area contributed by atoms with Crippen molar-refractivity contribution in [3.05, 3.63) is 29.8 Å². The van der Waals surface area contributed by atoms with Crippen LogP contribution in [0.4, 0.5) is 5.69 Å². The second kappa shape index (κ2) is 4.80. The molecule has 1 amide bonds. The first kappa shape index (κ1) is 12.2. The average Bonchev–Trinajstić information content (AvgIpc) is 3.10. The Kier molecular flexibility index (Phi) is 2.94. The van der Waals surface area contributed by atoms with Crippen LogP contribution in [-0.2, 0) is 11.2 Å². The van der Waals surface area contributed by atoms with E-state index in [0.717, 1.165) is 38.9 Å². The molecule has 0 radical (unpaired) electrons. The minimum atomic E-state index is 0.362. The van der Waals surface area contributed by atoms with E-state index in [-0.39, 0.29) is 0 Å². The molecule has 0 aromatic heterocycles. The molecular formula is C17H22N2O. The van der Waals surface area contributed by atoms with Gasteiger partial charge in [-0.1, -0.05) is 18.2 Å². The monoisotopic (exact) mass is 270 g/mol. The SMILES string of the molecule is O=C(C1CC1)N1CCCC1CN1CCc2ccccc21. The molecule has 4 rings (SSSR count). The van der Waals surface area contributed by atoms with Crippen LogP contribution in [0.3, 0.4) is 0 Å². The number of amides is 1. The van der Waals surface area contributed by atoms with Gasteiger partial charge in [0.05, 0.1) is 0 Å². The Balaban J connectivity index is 1.47. The molecular weight excluding hydrogens is 248 g/mol. The number of benzene rings is 1. The van der Waals surface area contributed by atoms with Gasteiger partial charge in [0.1, 0.15) is 0 Å². The summed E-state index contributed by atoms with van der Waals surface area (Å²) >= 11 is 0. The third kappa shape index (κ3) is 2.09. The normalized spacial score (nSPS) is 25.1. The van der Waals surface area contributed by atoms with Crippen molar-refractivity contribution >= 4 is 11.6 Å². The lowest BCUT2D eigenvalue weighted by Gasteiger charge is -2.30. The van der Waals surface area contributed by atoms with Crippen molar-refractivity contribution < 1.29 is 4.79 Å². The Labute approximate surface area is 120 Å². The third-order valence-corrected chi connectivity index (χ3v) is 5.00. The molecule has 3 nitrogen and oxygen atoms in total. The molecule has 2 heterocycles. The van der Waals surface area contributed by atoms with Crippen LogP contribution in [-0.4, -0.2) is 36.5 Å². The molecule has 2 fully saturated rings. The van der Waals surface area contributed by atoms with Gasteiger partial charge in [-0.15, -0.1) is 0 Å². The zero-order valence-corrected chi connectivity index (χ0v) is 11.9. The average molecular weight is 270 g/mol. The van der Waals surface area contributed by atoms with Gasteiger partial charge in [-0.05, 0) is 43.7 Å². The highest BCUT2D eigenvalue weighted by molar-refractivity contribution is 5.81. The van der Waals surface area contributed by atoms with Gasteiger partial charge in [-0.2, -0.15) is 0 Å². The van der Waals surface area contributed by atoms with Crippen molar-refractivity contribution in [3.8, 4) is 0 Å². The number of carbonyl (C=O) groups is 1. The van der Waals surface area contributed by atoms with Crippen LogP contribution >= 0.6 is 0 Å². The molecule has 1 aromatic rings. The molecule has 1 saturated carbocycles. The van der Waals surface area contributed by atoms with Crippen molar-refractivity contribution in [2.24, 2.45) is 5.92 Å². The van der Waals surface area contributed by atoms with E-state index in [1.807, 2.05) is 0 Å². The van der Waals surface area contributed by atoms with E-state index in [1.54, 1.807) is 0 Å². The van der Waals surface area contributed by atoms with E-state index in [0.29, 0.717) is 17.9 Å². The Morgan fingerprint density at radius 2 is 2.00 bits per heavy atom. The smallest absolute Gasteiger partial charge is 0.225 e. The molecule has 20 heavy (non-hydrogen) atoms. The highest BCUT2D eigenvalue weighted by atomic mass is 16.2. The van der Waals surface area contributed by atoms with Gasteiger partial charge in [0.2, 0.25) is 5.91 Å². The second-order valence-corrected chi connectivity index (χ2v) is 6.43. The number of nitrogens with zero attached hydrogens (tertiary/aromatic N) is 2. The molecule has 1 saturated heterocycles. The van der Waals surface area contributed by atoms with E-state index in [4.69, 9.17) is 0 Å². The number of fused-ring (bicyclic) bond motifs is 1. The van der Waals surface area contributed by atoms with Gasteiger partial charge in [-0.3, -0.25) is 4.79 Å². The lowest BCUT2D eigenvalue weighted by atomic mass is 10.1. The Morgan fingerprint density at radius 1 is 1.15 bits per heavy atom. The highest BCUT2D eigenvalue weighted by Crippen LogP contribution is 2.35. The summed E-state index contributed by atoms with van der Waals surface area (Å²) in [5.41, 5.74) is 2.85. The highest BCUT2D eigenvalue weighted by Gasteiger charge is 2.39. The molecule has 0 spiro atoms. The minimum Gasteiger partial charge on any atom is -0.369 e. The predicted molar refractivity (Wildman–Crippen MR) is 79.8 cm³/mol. The van der Waals surface area contributed by atoms with Gasteiger partial charge < -0.3 is 9.80 Å². The summed E-state index contributed by atoms with van der Waals surface area (Å²) in [7, 11) is 0. The first-order chi connectivity index (χ1) is 9.83. The fraction of sp³-hybridized carbons (Fsp3) is 0.588. The van der Waals surface area contributed by atoms with Crippen molar-refractivity contribution in [1.82, 2.24) is 4.90 Å². The number of hydrogen-bond donors (Lipinski definition) is 0. The predicted octanol–water partition coefficient (Wildman–Crippen LogP) is 2.45. The van der Waals surface area contributed by atoms with Gasteiger partial charge in [-0.25, -0.2) is 0 Å². The molecule has 1 unspecified atom stereocenters. The van der Waals surface area contributed by atoms with E-state index in [1.165, 1.54) is 24.1 Å². The molecule has 106 valence electrons. The van der Waals surface area contributed by atoms with Crippen molar-refractivity contribution in [2.45, 2.75) is 38.1 Å². The topological polar surface area (TPSA) is 23.6 Å². The van der Waals surface area contributed by atoms with Gasteiger partial charge >= 0.3 is 0 Å². The van der Waals surface area contributed by atoms with Crippen molar-refractivity contribution in [2.75, 3.05) is 24.5 Å². The first-order valence-corrected chi connectivity index (χ1v) is 7.96. The van der Waals surface area contributed by atoms with Gasteiger partial charge in [0.15, 0.2) is 0 Å². The van der Waals surface area contributed by atoms with Crippen LogP contribution < -0.4 is 4.90 Å². The largest absolute Gasteiger partial charge is 0.369 e. The van der Waals surface area contributed by atoms with Crippen LogP contribution in [0.1, 0.15) is 31.2 Å². The summed E-state index contributed by atoms with van der Waals surface area (Å²) in [5.74, 6) is 0.793. The van der Waals surface area contributed by atoms with Crippen LogP contribution in [0.5, 0.6) is 0 Å². The standard InChI is InChI=1S/C17H22N2O/c20-17(14-7-8-14)19-10-3-5-15(19)12-18-11-9-13-4-1-2-6-16(13)18/h1-2,4,6,14-15H,3,5,7-12H2. The zero-order valence-electron chi connectivity index (χ0n) is 11.9. The maximum Gasteiger partial charge on any atom is 0.225 e. The number of para-hydroxylation sites is 1.